The van der Waals surface area contributed by atoms with E-state index < -0.39 is 0 Å². The third-order valence-electron chi connectivity index (χ3n) is 3.56. The molecule has 2 heterocycles. The number of furan rings is 1. The van der Waals surface area contributed by atoms with Gasteiger partial charge in [0.1, 0.15) is 0 Å². The summed E-state index contributed by atoms with van der Waals surface area (Å²) < 4.78 is 11.0. The minimum absolute atomic E-state index is 0.261. The van der Waals surface area contributed by atoms with Gasteiger partial charge in [0.25, 0.3) is 0 Å². The zero-order valence-corrected chi connectivity index (χ0v) is 11.2. The molecule has 1 saturated heterocycles. The second-order valence-electron chi connectivity index (χ2n) is 4.94. The molecule has 4 heteroatoms. The fourth-order valence-corrected chi connectivity index (χ4v) is 2.63. The van der Waals surface area contributed by atoms with Gasteiger partial charge >= 0.3 is 0 Å². The number of nitrogens with two attached hydrogens (primary N) is 1. The molecule has 1 fully saturated rings. The summed E-state index contributed by atoms with van der Waals surface area (Å²) in [7, 11) is 0. The molecule has 1 aromatic heterocycles. The molecule has 2 N–H and O–H groups in total. The number of likely N-dealkylation sites (tertiary alicyclic amines) is 1. The van der Waals surface area contributed by atoms with Crippen molar-refractivity contribution in [2.24, 2.45) is 5.73 Å². The van der Waals surface area contributed by atoms with Gasteiger partial charge in [-0.25, -0.2) is 0 Å². The normalized spacial score (nSPS) is 23.1. The maximum absolute atomic E-state index is 5.92. The molecule has 102 valence electrons. The number of ether oxygens (including phenoxy) is 1. The lowest BCUT2D eigenvalue weighted by Gasteiger charge is -2.37. The molecule has 0 amide bonds. The second kappa shape index (κ2) is 6.92. The average Bonchev–Trinajstić information content (AvgIpc) is 2.92. The van der Waals surface area contributed by atoms with Crippen molar-refractivity contribution in [2.75, 3.05) is 26.2 Å². The number of hydrogen-bond donors (Lipinski definition) is 1. The SMILES string of the molecule is CCCOC1CCCN(C(CN)c2ccoc2)C1. The van der Waals surface area contributed by atoms with Crippen molar-refractivity contribution in [3.63, 3.8) is 0 Å². The van der Waals surface area contributed by atoms with Crippen molar-refractivity contribution in [1.82, 2.24) is 4.90 Å². The van der Waals surface area contributed by atoms with E-state index in [0.29, 0.717) is 12.6 Å². The van der Waals surface area contributed by atoms with E-state index >= 15 is 0 Å². The zero-order valence-electron chi connectivity index (χ0n) is 11.2. The Balaban J connectivity index is 1.94. The molecule has 0 aliphatic carbocycles. The number of rotatable bonds is 6. The van der Waals surface area contributed by atoms with Gasteiger partial charge in [-0.05, 0) is 31.9 Å². The lowest BCUT2D eigenvalue weighted by molar-refractivity contribution is -0.0119. The zero-order chi connectivity index (χ0) is 12.8. The van der Waals surface area contributed by atoms with Crippen LogP contribution in [-0.2, 0) is 4.74 Å². The Morgan fingerprint density at radius 2 is 2.50 bits per heavy atom. The van der Waals surface area contributed by atoms with E-state index in [2.05, 4.69) is 11.8 Å². The van der Waals surface area contributed by atoms with Crippen LogP contribution in [0, 0.1) is 0 Å². The summed E-state index contributed by atoms with van der Waals surface area (Å²) in [6.45, 7) is 5.71. The maximum atomic E-state index is 5.92. The maximum Gasteiger partial charge on any atom is 0.0950 e. The predicted molar refractivity (Wildman–Crippen MR) is 71.3 cm³/mol. The fourth-order valence-electron chi connectivity index (χ4n) is 2.63. The van der Waals surface area contributed by atoms with Crippen molar-refractivity contribution in [3.8, 4) is 0 Å². The molecule has 0 aromatic carbocycles. The molecule has 18 heavy (non-hydrogen) atoms. The number of nitrogens with zero attached hydrogens (tertiary/aromatic N) is 1. The highest BCUT2D eigenvalue weighted by atomic mass is 16.5. The largest absolute Gasteiger partial charge is 0.472 e. The molecule has 0 radical (unpaired) electrons. The lowest BCUT2D eigenvalue weighted by Crippen LogP contribution is -2.44. The molecule has 0 bridgehead atoms. The standard InChI is InChI=1S/C14H24N2O2/c1-2-7-18-13-4-3-6-16(10-13)14(9-15)12-5-8-17-11-12/h5,8,11,13-14H,2-4,6-7,9-10,15H2,1H3. The van der Waals surface area contributed by atoms with E-state index in [1.165, 1.54) is 18.4 Å². The monoisotopic (exact) mass is 252 g/mol. The molecular weight excluding hydrogens is 228 g/mol. The molecule has 1 aliphatic heterocycles. The van der Waals surface area contributed by atoms with E-state index in [4.69, 9.17) is 14.9 Å². The number of piperidine rings is 1. The van der Waals surface area contributed by atoms with Gasteiger partial charge in [0.05, 0.1) is 24.7 Å². The van der Waals surface area contributed by atoms with Crippen LogP contribution in [-0.4, -0.2) is 37.2 Å². The van der Waals surface area contributed by atoms with Gasteiger partial charge in [0.2, 0.25) is 0 Å². The Labute approximate surface area is 109 Å². The van der Waals surface area contributed by atoms with Gasteiger partial charge in [0, 0.05) is 25.3 Å². The van der Waals surface area contributed by atoms with E-state index in [0.717, 1.165) is 26.1 Å². The second-order valence-corrected chi connectivity index (χ2v) is 4.94. The molecule has 2 atom stereocenters. The van der Waals surface area contributed by atoms with Gasteiger partial charge in [-0.3, -0.25) is 4.90 Å². The van der Waals surface area contributed by atoms with Crippen molar-refractivity contribution in [2.45, 2.75) is 38.3 Å². The Bertz CT molecular complexity index is 327. The van der Waals surface area contributed by atoms with Crippen molar-refractivity contribution >= 4 is 0 Å². The van der Waals surface area contributed by atoms with Gasteiger partial charge in [0.15, 0.2) is 0 Å². The van der Waals surface area contributed by atoms with Crippen LogP contribution in [0.4, 0.5) is 0 Å². The van der Waals surface area contributed by atoms with Crippen LogP contribution in [0.3, 0.4) is 0 Å². The van der Waals surface area contributed by atoms with Crippen molar-refractivity contribution < 1.29 is 9.15 Å². The summed E-state index contributed by atoms with van der Waals surface area (Å²) >= 11 is 0. The van der Waals surface area contributed by atoms with E-state index in [9.17, 15) is 0 Å². The van der Waals surface area contributed by atoms with Crippen molar-refractivity contribution in [1.29, 1.82) is 0 Å². The van der Waals surface area contributed by atoms with Gasteiger partial charge in [-0.15, -0.1) is 0 Å². The molecule has 4 nitrogen and oxygen atoms in total. The first-order valence-electron chi connectivity index (χ1n) is 6.93. The summed E-state index contributed by atoms with van der Waals surface area (Å²) in [6.07, 6.45) is 7.31. The third kappa shape index (κ3) is 3.34. The topological polar surface area (TPSA) is 51.6 Å². The molecule has 2 rings (SSSR count). The Hall–Kier alpha value is -0.840. The summed E-state index contributed by atoms with van der Waals surface area (Å²) in [5.41, 5.74) is 7.09. The lowest BCUT2D eigenvalue weighted by atomic mass is 10.0. The first-order chi connectivity index (χ1) is 8.85. The van der Waals surface area contributed by atoms with Crippen LogP contribution in [0.15, 0.2) is 23.0 Å². The Kier molecular flexibility index (Phi) is 5.23. The van der Waals surface area contributed by atoms with E-state index in [1.54, 1.807) is 12.5 Å². The molecular formula is C14H24N2O2. The fraction of sp³-hybridized carbons (Fsp3) is 0.714. The summed E-state index contributed by atoms with van der Waals surface area (Å²) in [4.78, 5) is 2.43. The smallest absolute Gasteiger partial charge is 0.0950 e. The van der Waals surface area contributed by atoms with Crippen LogP contribution in [0.1, 0.15) is 37.8 Å². The molecule has 0 spiro atoms. The molecule has 1 aliphatic rings. The highest BCUT2D eigenvalue weighted by molar-refractivity contribution is 5.12. The van der Waals surface area contributed by atoms with E-state index in [1.807, 2.05) is 6.07 Å². The quantitative estimate of drug-likeness (QED) is 0.843. The predicted octanol–water partition coefficient (Wildman–Crippen LogP) is 2.17. The average molecular weight is 252 g/mol. The highest BCUT2D eigenvalue weighted by Gasteiger charge is 2.26. The van der Waals surface area contributed by atoms with Gasteiger partial charge in [-0.1, -0.05) is 6.92 Å². The van der Waals surface area contributed by atoms with Gasteiger partial charge in [-0.2, -0.15) is 0 Å². The Morgan fingerprint density at radius 1 is 1.61 bits per heavy atom. The molecule has 0 saturated carbocycles. The van der Waals surface area contributed by atoms with Crippen LogP contribution >= 0.6 is 0 Å². The molecule has 2 unspecified atom stereocenters. The van der Waals surface area contributed by atoms with Crippen LogP contribution in [0.25, 0.3) is 0 Å². The summed E-state index contributed by atoms with van der Waals surface area (Å²) in [5, 5.41) is 0. The molecule has 1 aromatic rings. The van der Waals surface area contributed by atoms with E-state index in [-0.39, 0.29) is 6.04 Å². The van der Waals surface area contributed by atoms with Crippen LogP contribution < -0.4 is 5.73 Å². The summed E-state index contributed by atoms with van der Waals surface area (Å²) in [6, 6.07) is 2.27. The van der Waals surface area contributed by atoms with Crippen LogP contribution in [0.2, 0.25) is 0 Å². The Morgan fingerprint density at radius 3 is 3.17 bits per heavy atom. The van der Waals surface area contributed by atoms with Crippen LogP contribution in [0.5, 0.6) is 0 Å². The first-order valence-corrected chi connectivity index (χ1v) is 6.93. The summed E-state index contributed by atoms with van der Waals surface area (Å²) in [5.74, 6) is 0. The van der Waals surface area contributed by atoms with Gasteiger partial charge < -0.3 is 14.9 Å². The highest BCUT2D eigenvalue weighted by Crippen LogP contribution is 2.25. The first kappa shape index (κ1) is 13.6. The minimum Gasteiger partial charge on any atom is -0.472 e. The van der Waals surface area contributed by atoms with Crippen molar-refractivity contribution in [3.05, 3.63) is 24.2 Å². The number of hydrogen-bond acceptors (Lipinski definition) is 4. The third-order valence-corrected chi connectivity index (χ3v) is 3.56. The minimum atomic E-state index is 0.261.